The molecule has 16 aromatic rings. The predicted octanol–water partition coefficient (Wildman–Crippen LogP) is 21.7. The minimum atomic E-state index is -4.74. The van der Waals surface area contributed by atoms with Crippen molar-refractivity contribution in [2.75, 3.05) is 0 Å². The number of benzene rings is 10. The Morgan fingerprint density at radius 1 is 0.312 bits per heavy atom. The fraction of sp³-hybridized carbons (Fsp3) is 0.0241. The van der Waals surface area contributed by atoms with E-state index in [0.717, 1.165) is 139 Å². The molecule has 0 aliphatic carbocycles. The number of nitrogens with zero attached hydrogens (tertiary/aromatic N) is 7. The second kappa shape index (κ2) is 22.9. The Labute approximate surface area is 533 Å². The van der Waals surface area contributed by atoms with Crippen LogP contribution < -0.4 is 0 Å². The normalized spacial score (nSPS) is 11.6. The van der Waals surface area contributed by atoms with E-state index in [4.69, 9.17) is 19.9 Å². The summed E-state index contributed by atoms with van der Waals surface area (Å²) in [4.78, 5) is 19.7. The van der Waals surface area contributed by atoms with Gasteiger partial charge in [0.1, 0.15) is 11.6 Å². The highest BCUT2D eigenvalue weighted by Gasteiger charge is 2.35. The van der Waals surface area contributed by atoms with E-state index in [1.165, 1.54) is 6.07 Å². The summed E-state index contributed by atoms with van der Waals surface area (Å²) >= 11 is 0. The van der Waals surface area contributed by atoms with Crippen LogP contribution in [0, 0.1) is 18.3 Å². The maximum absolute atomic E-state index is 15.9. The van der Waals surface area contributed by atoms with E-state index in [1.54, 1.807) is 25.1 Å². The monoisotopic (exact) mass is 1200 g/mol. The number of halogens is 3. The number of rotatable bonds is 11. The van der Waals surface area contributed by atoms with Crippen molar-refractivity contribution in [2.24, 2.45) is 0 Å². The van der Waals surface area contributed by atoms with Crippen LogP contribution in [0.4, 0.5) is 13.2 Å². The summed E-state index contributed by atoms with van der Waals surface area (Å²) in [5.74, 6) is 0. The van der Waals surface area contributed by atoms with Crippen molar-refractivity contribution in [3.05, 3.63) is 314 Å². The number of nitriles is 1. The summed E-state index contributed by atoms with van der Waals surface area (Å²) < 4.78 is 51.7. The van der Waals surface area contributed by atoms with E-state index in [2.05, 4.69) is 112 Å². The quantitative estimate of drug-likeness (QED) is 0.129. The van der Waals surface area contributed by atoms with E-state index in [-0.39, 0.29) is 16.7 Å². The molecule has 16 rings (SSSR count). The van der Waals surface area contributed by atoms with Crippen molar-refractivity contribution in [3.8, 4) is 118 Å². The second-order valence-electron chi connectivity index (χ2n) is 23.3. The maximum Gasteiger partial charge on any atom is 0.417 e. The molecule has 7 nitrogen and oxygen atoms in total. The molecule has 0 amide bonds. The van der Waals surface area contributed by atoms with E-state index < -0.39 is 11.7 Å². The van der Waals surface area contributed by atoms with Crippen LogP contribution in [0.2, 0.25) is 0 Å². The Bertz CT molecular complexity index is 4980. The average Bonchev–Trinajstić information content (AvgIpc) is 1.60. The number of aromatic nitrogens is 6. The standard InChI is InChI=1S/C83H52F3N7/c1-52-15-14-24-71(83(84,85)86)82(52)65-45-80(92-76-41-57(61-29-37-72(88-48-61)53-16-6-2-7-17-53)25-33-66(76)67-34-26-58(42-77(67)92)62-30-38-73(89-49-62)54-18-8-3-9-19-54)70(47-87)81(46-65)93-78-43-59(63-31-39-74(90-50-63)55-20-10-4-11-21-55)27-35-68(78)69-36-28-60(44-79(69)93)64-32-40-75(91-51-64)56-22-12-5-13-23-56/h2-46,48-51H,1H3. The average molecular weight is 1200 g/mol. The van der Waals surface area contributed by atoms with Crippen LogP contribution in [0.1, 0.15) is 16.7 Å². The highest BCUT2D eigenvalue weighted by molar-refractivity contribution is 6.13. The van der Waals surface area contributed by atoms with Crippen LogP contribution >= 0.6 is 0 Å². The maximum atomic E-state index is 15.9. The first-order valence-electron chi connectivity index (χ1n) is 30.6. The Hall–Kier alpha value is -12.3. The molecule has 0 unspecified atom stereocenters. The van der Waals surface area contributed by atoms with E-state index >= 15 is 13.2 Å². The molecule has 0 fully saturated rings. The van der Waals surface area contributed by atoms with Gasteiger partial charge in [-0.25, -0.2) is 0 Å². The molecule has 0 spiro atoms. The molecular formula is C83H52F3N7. The van der Waals surface area contributed by atoms with Crippen LogP contribution in [0.3, 0.4) is 0 Å². The summed E-state index contributed by atoms with van der Waals surface area (Å²) in [6.07, 6.45) is 2.71. The molecule has 0 atom stereocenters. The zero-order valence-electron chi connectivity index (χ0n) is 50.1. The van der Waals surface area contributed by atoms with Crippen molar-refractivity contribution < 1.29 is 13.2 Å². The SMILES string of the molecule is Cc1cccc(C(F)(F)F)c1-c1cc(-n2c3cc(-c4ccc(-c5ccccc5)nc4)ccc3c3ccc(-c4ccc(-c5ccccc5)nc4)cc32)c(C#N)c(-n2c3cc(-c4ccc(-c5ccccc5)nc4)ccc3c3ccc(-c4ccc(-c5ccccc5)nc4)cc32)c1. The third-order valence-electron chi connectivity index (χ3n) is 17.8. The van der Waals surface area contributed by atoms with Crippen LogP contribution in [0.25, 0.3) is 156 Å². The molecule has 0 N–H and O–H groups in total. The molecule has 440 valence electrons. The number of hydrogen-bond acceptors (Lipinski definition) is 5. The summed E-state index contributed by atoms with van der Waals surface area (Å²) in [5.41, 5.74) is 17.9. The molecule has 0 aliphatic heterocycles. The van der Waals surface area contributed by atoms with Gasteiger partial charge in [-0.1, -0.05) is 206 Å². The molecule has 0 aliphatic rings. The largest absolute Gasteiger partial charge is 0.417 e. The first-order valence-corrected chi connectivity index (χ1v) is 30.6. The Morgan fingerprint density at radius 3 is 0.882 bits per heavy atom. The van der Waals surface area contributed by atoms with Gasteiger partial charge in [0.25, 0.3) is 0 Å². The fourth-order valence-electron chi connectivity index (χ4n) is 13.2. The zero-order chi connectivity index (χ0) is 62.7. The third-order valence-corrected chi connectivity index (χ3v) is 17.8. The fourth-order valence-corrected chi connectivity index (χ4v) is 13.2. The van der Waals surface area contributed by atoms with E-state index in [0.29, 0.717) is 16.9 Å². The predicted molar refractivity (Wildman–Crippen MR) is 370 cm³/mol. The van der Waals surface area contributed by atoms with Crippen molar-refractivity contribution in [1.82, 2.24) is 29.1 Å². The lowest BCUT2D eigenvalue weighted by atomic mass is 9.92. The molecule has 0 saturated carbocycles. The number of pyridine rings is 4. The third kappa shape index (κ3) is 10.1. The molecule has 93 heavy (non-hydrogen) atoms. The molecular weight excluding hydrogens is 1150 g/mol. The van der Waals surface area contributed by atoms with Gasteiger partial charge in [0.2, 0.25) is 0 Å². The van der Waals surface area contributed by atoms with Gasteiger partial charge >= 0.3 is 6.18 Å². The minimum absolute atomic E-state index is 0.00426. The van der Waals surface area contributed by atoms with Crippen LogP contribution in [0.15, 0.2) is 298 Å². The molecule has 10 aromatic carbocycles. The van der Waals surface area contributed by atoms with Gasteiger partial charge in [-0.15, -0.1) is 0 Å². The van der Waals surface area contributed by atoms with Gasteiger partial charge in [0.15, 0.2) is 0 Å². The van der Waals surface area contributed by atoms with Crippen LogP contribution in [-0.2, 0) is 6.18 Å². The molecule has 6 aromatic heterocycles. The summed E-state index contributed by atoms with van der Waals surface area (Å²) in [7, 11) is 0. The van der Waals surface area contributed by atoms with E-state index in [1.807, 2.05) is 170 Å². The lowest BCUT2D eigenvalue weighted by Gasteiger charge is -2.21. The molecule has 0 radical (unpaired) electrons. The van der Waals surface area contributed by atoms with Crippen molar-refractivity contribution >= 4 is 43.6 Å². The number of alkyl halides is 3. The van der Waals surface area contributed by atoms with Gasteiger partial charge in [0, 0.05) is 90.8 Å². The number of hydrogen-bond donors (Lipinski definition) is 0. The lowest BCUT2D eigenvalue weighted by molar-refractivity contribution is -0.137. The molecule has 10 heteroatoms. The van der Waals surface area contributed by atoms with Crippen LogP contribution in [-0.4, -0.2) is 29.1 Å². The second-order valence-corrected chi connectivity index (χ2v) is 23.3. The first kappa shape index (κ1) is 56.0. The van der Waals surface area contributed by atoms with Gasteiger partial charge < -0.3 is 9.13 Å². The smallest absolute Gasteiger partial charge is 0.308 e. The molecule has 6 heterocycles. The summed E-state index contributed by atoms with van der Waals surface area (Å²) in [5, 5.41) is 15.8. The molecule has 0 bridgehead atoms. The van der Waals surface area contributed by atoms with Crippen molar-refractivity contribution in [1.29, 1.82) is 5.26 Å². The Kier molecular flexibility index (Phi) is 13.8. The summed E-state index contributed by atoms with van der Waals surface area (Å²) in [6.45, 7) is 1.71. The zero-order valence-corrected chi connectivity index (χ0v) is 50.1. The van der Waals surface area contributed by atoms with Gasteiger partial charge in [-0.3, -0.25) is 19.9 Å². The van der Waals surface area contributed by atoms with Crippen LogP contribution in [0.5, 0.6) is 0 Å². The number of fused-ring (bicyclic) bond motifs is 6. The first-order chi connectivity index (χ1) is 45.6. The van der Waals surface area contributed by atoms with Gasteiger partial charge in [-0.2, -0.15) is 18.4 Å². The topological polar surface area (TPSA) is 85.2 Å². The highest BCUT2D eigenvalue weighted by atomic mass is 19.4. The van der Waals surface area contributed by atoms with E-state index in [9.17, 15) is 5.26 Å². The van der Waals surface area contributed by atoms with Crippen molar-refractivity contribution in [2.45, 2.75) is 13.1 Å². The van der Waals surface area contributed by atoms with Gasteiger partial charge in [0.05, 0.1) is 61.8 Å². The molecule has 0 saturated heterocycles. The Morgan fingerprint density at radius 2 is 0.613 bits per heavy atom. The van der Waals surface area contributed by atoms with Crippen molar-refractivity contribution in [3.63, 3.8) is 0 Å². The number of aryl methyl sites for hydroxylation is 1. The Balaban J connectivity index is 0.984. The summed E-state index contributed by atoms with van der Waals surface area (Å²) in [6, 6.07) is 91.8. The van der Waals surface area contributed by atoms with Gasteiger partial charge in [-0.05, 0) is 113 Å². The minimum Gasteiger partial charge on any atom is -0.308 e. The highest BCUT2D eigenvalue weighted by Crippen LogP contribution is 2.46. The lowest BCUT2D eigenvalue weighted by Crippen LogP contribution is -2.10.